The van der Waals surface area contributed by atoms with Gasteiger partial charge in [0.05, 0.1) is 5.41 Å². The van der Waals surface area contributed by atoms with E-state index < -0.39 is 5.41 Å². The fourth-order valence-corrected chi connectivity index (χ4v) is 3.14. The van der Waals surface area contributed by atoms with E-state index in [1.54, 1.807) is 0 Å². The number of likely N-dealkylation sites (N-methyl/N-ethyl adjacent to an activating group) is 2. The van der Waals surface area contributed by atoms with Gasteiger partial charge in [0.1, 0.15) is 9.98 Å². The van der Waals surface area contributed by atoms with Gasteiger partial charge in [-0.2, -0.15) is 0 Å². The first-order valence-corrected chi connectivity index (χ1v) is 6.79. The molecule has 1 aromatic rings. The van der Waals surface area contributed by atoms with Crippen molar-refractivity contribution in [2.75, 3.05) is 14.1 Å². The van der Waals surface area contributed by atoms with Gasteiger partial charge in [0.25, 0.3) is 0 Å². The van der Waals surface area contributed by atoms with E-state index in [4.69, 9.17) is 36.7 Å². The largest absolute Gasteiger partial charge is 0.315 e. The first kappa shape index (κ1) is 13.5. The lowest BCUT2D eigenvalue weighted by molar-refractivity contribution is 0.546. The van der Waals surface area contributed by atoms with Crippen LogP contribution < -0.4 is 0 Å². The van der Waals surface area contributed by atoms with Crippen LogP contribution in [0.25, 0.3) is 0 Å². The zero-order valence-corrected chi connectivity index (χ0v) is 13.0. The number of nitrogens with zero attached hydrogens (tertiary/aromatic N) is 2. The van der Waals surface area contributed by atoms with E-state index in [0.29, 0.717) is 5.11 Å². The maximum Gasteiger partial charge on any atom is 0.180 e. The highest BCUT2D eigenvalue weighted by atomic mass is 32.1. The van der Waals surface area contributed by atoms with Gasteiger partial charge >= 0.3 is 0 Å². The van der Waals surface area contributed by atoms with Gasteiger partial charge in [0.15, 0.2) is 5.11 Å². The monoisotopic (exact) mass is 294 g/mol. The zero-order valence-electron chi connectivity index (χ0n) is 10.5. The molecule has 0 N–H and O–H groups in total. The Hall–Kier alpha value is -0.910. The Morgan fingerprint density at radius 2 is 1.33 bits per heavy atom. The molecule has 0 spiro atoms. The second-order valence-corrected chi connectivity index (χ2v) is 5.64. The van der Waals surface area contributed by atoms with Crippen molar-refractivity contribution >= 4 is 51.7 Å². The van der Waals surface area contributed by atoms with E-state index in [1.165, 1.54) is 0 Å². The van der Waals surface area contributed by atoms with Crippen LogP contribution in [-0.2, 0) is 5.41 Å². The molecule has 1 heterocycles. The number of hydrogen-bond donors (Lipinski definition) is 0. The van der Waals surface area contributed by atoms with Crippen LogP contribution in [0.3, 0.4) is 0 Å². The lowest BCUT2D eigenvalue weighted by Gasteiger charge is -2.46. The minimum Gasteiger partial charge on any atom is -0.315 e. The molecular formula is C13H14N2S3. The van der Waals surface area contributed by atoms with E-state index in [9.17, 15) is 0 Å². The quantitative estimate of drug-likeness (QED) is 0.733. The van der Waals surface area contributed by atoms with Gasteiger partial charge in [-0.05, 0) is 24.7 Å². The fraction of sp³-hybridized carbons (Fsp3) is 0.308. The minimum atomic E-state index is -0.461. The number of rotatable bonds is 1. The van der Waals surface area contributed by atoms with Crippen LogP contribution in [0.1, 0.15) is 12.5 Å². The molecule has 18 heavy (non-hydrogen) atoms. The molecule has 2 rings (SSSR count). The van der Waals surface area contributed by atoms with Crippen LogP contribution in [0, 0.1) is 0 Å². The molecule has 0 aliphatic carbocycles. The smallest absolute Gasteiger partial charge is 0.180 e. The predicted octanol–water partition coefficient (Wildman–Crippen LogP) is 2.76. The van der Waals surface area contributed by atoms with E-state index in [1.807, 2.05) is 42.1 Å². The molecule has 94 valence electrons. The zero-order chi connectivity index (χ0) is 13.5. The van der Waals surface area contributed by atoms with Crippen molar-refractivity contribution < 1.29 is 0 Å². The number of thiocarbonyl (C=S) groups is 3. The average molecular weight is 294 g/mol. The molecule has 0 saturated carbocycles. The molecule has 0 aromatic heterocycles. The molecule has 1 saturated heterocycles. The third-order valence-electron chi connectivity index (χ3n) is 3.39. The molecule has 1 aliphatic heterocycles. The van der Waals surface area contributed by atoms with Crippen LogP contribution >= 0.6 is 36.7 Å². The fourth-order valence-electron chi connectivity index (χ4n) is 2.18. The lowest BCUT2D eigenvalue weighted by atomic mass is 9.80. The van der Waals surface area contributed by atoms with Crippen LogP contribution in [0.15, 0.2) is 30.3 Å². The maximum absolute atomic E-state index is 5.58. The third-order valence-corrected chi connectivity index (χ3v) is 5.30. The second kappa shape index (κ2) is 4.64. The topological polar surface area (TPSA) is 6.48 Å². The Balaban J connectivity index is 2.58. The summed E-state index contributed by atoms with van der Waals surface area (Å²) in [4.78, 5) is 5.21. The van der Waals surface area contributed by atoms with Crippen LogP contribution in [0.4, 0.5) is 0 Å². The molecular weight excluding hydrogens is 280 g/mol. The van der Waals surface area contributed by atoms with Gasteiger partial charge in [-0.1, -0.05) is 54.8 Å². The summed E-state index contributed by atoms with van der Waals surface area (Å²) in [6.45, 7) is 2.06. The van der Waals surface area contributed by atoms with E-state index in [-0.39, 0.29) is 0 Å². The summed E-state index contributed by atoms with van der Waals surface area (Å²) in [7, 11) is 3.79. The van der Waals surface area contributed by atoms with Crippen molar-refractivity contribution in [3.8, 4) is 0 Å². The first-order valence-electron chi connectivity index (χ1n) is 5.56. The van der Waals surface area contributed by atoms with Gasteiger partial charge in [0.2, 0.25) is 0 Å². The SMILES string of the molecule is CN1C(=S)N(C)C(=S)C(C)(c2ccccc2)C1=S. The summed E-state index contributed by atoms with van der Waals surface area (Å²) < 4.78 is 0. The van der Waals surface area contributed by atoms with Crippen molar-refractivity contribution in [1.82, 2.24) is 9.80 Å². The maximum atomic E-state index is 5.58. The Bertz CT molecular complexity index is 500. The summed E-state index contributed by atoms with van der Waals surface area (Å²) in [5.41, 5.74) is 0.638. The Morgan fingerprint density at radius 1 is 0.889 bits per heavy atom. The van der Waals surface area contributed by atoms with Gasteiger partial charge in [-0.25, -0.2) is 0 Å². The van der Waals surface area contributed by atoms with Gasteiger partial charge in [-0.15, -0.1) is 0 Å². The van der Waals surface area contributed by atoms with Crippen LogP contribution in [0.5, 0.6) is 0 Å². The Kier molecular flexibility index (Phi) is 3.49. The summed E-state index contributed by atoms with van der Waals surface area (Å²) in [6.07, 6.45) is 0. The van der Waals surface area contributed by atoms with Crippen molar-refractivity contribution in [1.29, 1.82) is 0 Å². The highest BCUT2D eigenvalue weighted by Crippen LogP contribution is 2.34. The lowest BCUT2D eigenvalue weighted by Crippen LogP contribution is -2.62. The minimum absolute atomic E-state index is 0.461. The molecule has 0 bridgehead atoms. The summed E-state index contributed by atoms with van der Waals surface area (Å²) in [5.74, 6) is 0. The first-order chi connectivity index (χ1) is 8.40. The van der Waals surface area contributed by atoms with Gasteiger partial charge in [-0.3, -0.25) is 0 Å². The molecule has 1 fully saturated rings. The third kappa shape index (κ3) is 1.77. The van der Waals surface area contributed by atoms with Crippen molar-refractivity contribution in [2.24, 2.45) is 0 Å². The molecule has 0 unspecified atom stereocenters. The van der Waals surface area contributed by atoms with Crippen molar-refractivity contribution in [3.05, 3.63) is 35.9 Å². The second-order valence-electron chi connectivity index (χ2n) is 4.50. The molecule has 0 radical (unpaired) electrons. The Labute approximate surface area is 124 Å². The predicted molar refractivity (Wildman–Crippen MR) is 87.1 cm³/mol. The Morgan fingerprint density at radius 3 is 1.78 bits per heavy atom. The van der Waals surface area contributed by atoms with Gasteiger partial charge < -0.3 is 9.80 Å². The summed E-state index contributed by atoms with van der Waals surface area (Å²) in [5, 5.41) is 0.651. The molecule has 0 amide bonds. The van der Waals surface area contributed by atoms with E-state index in [2.05, 4.69) is 19.1 Å². The van der Waals surface area contributed by atoms with E-state index in [0.717, 1.165) is 15.5 Å². The summed E-state index contributed by atoms with van der Waals surface area (Å²) in [6, 6.07) is 10.1. The van der Waals surface area contributed by atoms with Crippen LogP contribution in [0.2, 0.25) is 0 Å². The summed E-state index contributed by atoms with van der Waals surface area (Å²) >= 11 is 16.5. The highest BCUT2D eigenvalue weighted by molar-refractivity contribution is 7.84. The van der Waals surface area contributed by atoms with Crippen molar-refractivity contribution in [2.45, 2.75) is 12.3 Å². The van der Waals surface area contributed by atoms with Crippen LogP contribution in [-0.4, -0.2) is 39.0 Å². The standard InChI is InChI=1S/C13H14N2S3/c1-13(9-7-5-4-6-8-9)10(16)14(2)12(18)15(3)11(13)17/h4-8H,1-3H3. The van der Waals surface area contributed by atoms with Gasteiger partial charge in [0, 0.05) is 14.1 Å². The van der Waals surface area contributed by atoms with E-state index >= 15 is 0 Å². The molecule has 5 heteroatoms. The number of benzene rings is 1. The average Bonchev–Trinajstić information content (AvgIpc) is 2.42. The normalized spacial score (nSPS) is 19.4. The molecule has 1 aliphatic rings. The highest BCUT2D eigenvalue weighted by Gasteiger charge is 2.45. The molecule has 2 nitrogen and oxygen atoms in total. The van der Waals surface area contributed by atoms with Crippen molar-refractivity contribution in [3.63, 3.8) is 0 Å². The molecule has 1 aromatic carbocycles. The number of hydrogen-bond acceptors (Lipinski definition) is 3. The molecule has 0 atom stereocenters.